The van der Waals surface area contributed by atoms with Crippen molar-refractivity contribution in [2.24, 2.45) is 5.92 Å². The Morgan fingerprint density at radius 2 is 1.32 bits per heavy atom. The lowest BCUT2D eigenvalue weighted by Crippen LogP contribution is -1.98. The van der Waals surface area contributed by atoms with E-state index in [4.69, 9.17) is 0 Å². The summed E-state index contributed by atoms with van der Waals surface area (Å²) >= 11 is 0. The van der Waals surface area contributed by atoms with Crippen molar-refractivity contribution in [2.45, 2.75) is 40.0 Å². The van der Waals surface area contributed by atoms with Crippen LogP contribution in [0.2, 0.25) is 0 Å². The van der Waals surface area contributed by atoms with Gasteiger partial charge in [0.1, 0.15) is 0 Å². The minimum absolute atomic E-state index is 0.861. The second-order valence-electron chi connectivity index (χ2n) is 7.64. The maximum absolute atomic E-state index is 2.45. The van der Waals surface area contributed by atoms with Crippen LogP contribution in [0.3, 0.4) is 0 Å². The minimum atomic E-state index is 0.861. The normalized spacial score (nSPS) is 20.1. The summed E-state index contributed by atoms with van der Waals surface area (Å²) in [6.45, 7) is 8.79. The third-order valence-corrected chi connectivity index (χ3v) is 5.78. The first-order valence-corrected chi connectivity index (χ1v) is 9.29. The van der Waals surface area contributed by atoms with Gasteiger partial charge in [0.15, 0.2) is 0 Å². The van der Waals surface area contributed by atoms with Crippen LogP contribution in [0.25, 0.3) is 16.3 Å². The number of benzene rings is 3. The first-order valence-electron chi connectivity index (χ1n) is 9.29. The second kappa shape index (κ2) is 6.19. The molecule has 0 radical (unpaired) electrons. The van der Waals surface area contributed by atoms with Crippen molar-refractivity contribution >= 4 is 16.3 Å². The van der Waals surface area contributed by atoms with Crippen LogP contribution in [0.4, 0.5) is 0 Å². The molecule has 5 rings (SSSR count). The van der Waals surface area contributed by atoms with Gasteiger partial charge >= 0.3 is 0 Å². The molecule has 25 heavy (non-hydrogen) atoms. The third kappa shape index (κ3) is 2.91. The molecule has 0 amide bonds. The molecule has 0 nitrogen and oxygen atoms in total. The summed E-state index contributed by atoms with van der Waals surface area (Å²) in [4.78, 5) is 0. The lowest BCUT2D eigenvalue weighted by molar-refractivity contribution is 0.971. The highest BCUT2D eigenvalue weighted by atomic mass is 14.4. The van der Waals surface area contributed by atoms with Crippen LogP contribution in [-0.4, -0.2) is 0 Å². The van der Waals surface area contributed by atoms with Gasteiger partial charge in [0.2, 0.25) is 0 Å². The Bertz CT molecular complexity index is 934. The Morgan fingerprint density at radius 3 is 1.96 bits per heavy atom. The van der Waals surface area contributed by atoms with E-state index in [9.17, 15) is 0 Å². The van der Waals surface area contributed by atoms with Gasteiger partial charge in [-0.05, 0) is 90.1 Å². The van der Waals surface area contributed by atoms with Crippen molar-refractivity contribution in [1.82, 2.24) is 0 Å². The Hall–Kier alpha value is -2.34. The third-order valence-electron chi connectivity index (χ3n) is 5.78. The number of fused-ring (bicyclic) bond motifs is 4. The van der Waals surface area contributed by atoms with Crippen molar-refractivity contribution < 1.29 is 0 Å². The number of hydrogen-bond acceptors (Lipinski definition) is 0. The van der Waals surface area contributed by atoms with Crippen LogP contribution in [0, 0.1) is 26.7 Å². The number of allylic oxidation sites excluding steroid dienone is 2. The van der Waals surface area contributed by atoms with E-state index in [1.807, 2.05) is 0 Å². The maximum atomic E-state index is 2.45. The van der Waals surface area contributed by atoms with Gasteiger partial charge < -0.3 is 0 Å². The van der Waals surface area contributed by atoms with Gasteiger partial charge in [-0.3, -0.25) is 0 Å². The molecule has 126 valence electrons. The highest BCUT2D eigenvalue weighted by molar-refractivity contribution is 5.88. The monoisotopic (exact) mass is 326 g/mol. The fourth-order valence-electron chi connectivity index (χ4n) is 4.26. The van der Waals surface area contributed by atoms with Crippen molar-refractivity contribution in [2.75, 3.05) is 0 Å². The molecule has 0 N–H and O–H groups in total. The van der Waals surface area contributed by atoms with Gasteiger partial charge in [-0.2, -0.15) is 0 Å². The smallest absolute Gasteiger partial charge is 0.00841 e. The highest BCUT2D eigenvalue weighted by Crippen LogP contribution is 2.55. The lowest BCUT2D eigenvalue weighted by Gasteiger charge is -2.16. The van der Waals surface area contributed by atoms with Gasteiger partial charge in [-0.1, -0.05) is 60.7 Å². The van der Waals surface area contributed by atoms with E-state index in [0.29, 0.717) is 0 Å². The molecule has 0 heteroatoms. The van der Waals surface area contributed by atoms with Gasteiger partial charge in [-0.15, -0.1) is 0 Å². The molecule has 0 aliphatic heterocycles. The minimum Gasteiger partial charge on any atom is -0.0772 e. The molecular weight excluding hydrogens is 300 g/mol. The molecule has 1 saturated carbocycles. The highest BCUT2D eigenvalue weighted by Gasteiger charge is 2.41. The molecule has 3 aromatic carbocycles. The zero-order valence-electron chi connectivity index (χ0n) is 15.6. The summed E-state index contributed by atoms with van der Waals surface area (Å²) in [6.07, 6.45) is 3.83. The van der Waals surface area contributed by atoms with E-state index in [1.165, 1.54) is 45.0 Å². The summed E-state index contributed by atoms with van der Waals surface area (Å²) in [5.41, 5.74) is 8.81. The Morgan fingerprint density at radius 1 is 0.680 bits per heavy atom. The number of hydrogen-bond donors (Lipinski definition) is 0. The molecule has 2 aliphatic rings. The average molecular weight is 326 g/mol. The predicted molar refractivity (Wildman–Crippen MR) is 109 cm³/mol. The van der Waals surface area contributed by atoms with Crippen LogP contribution in [0.15, 0.2) is 60.7 Å². The van der Waals surface area contributed by atoms with Crippen LogP contribution >= 0.6 is 0 Å². The molecule has 2 aliphatic carbocycles. The van der Waals surface area contributed by atoms with Crippen molar-refractivity contribution in [3.05, 3.63) is 88.5 Å². The summed E-state index contributed by atoms with van der Waals surface area (Å²) in [5, 5.41) is 2.75. The van der Waals surface area contributed by atoms with Crippen LogP contribution in [0.5, 0.6) is 0 Å². The fraction of sp³-hybridized carbons (Fsp3) is 0.280. The second-order valence-corrected chi connectivity index (χ2v) is 7.64. The largest absolute Gasteiger partial charge is 0.0772 e. The molecule has 0 saturated heterocycles. The molecule has 2 unspecified atom stereocenters. The maximum Gasteiger partial charge on any atom is -0.00841 e. The SMILES string of the molecule is CC1=CC2CC2c2c(C)cccc21.Cc1ccc(C)c2ccccc12. The van der Waals surface area contributed by atoms with E-state index in [0.717, 1.165) is 11.8 Å². The van der Waals surface area contributed by atoms with Crippen LogP contribution in [-0.2, 0) is 0 Å². The Kier molecular flexibility index (Phi) is 4.00. The molecule has 0 spiro atoms. The van der Waals surface area contributed by atoms with Crippen molar-refractivity contribution in [3.8, 4) is 0 Å². The summed E-state index contributed by atoms with van der Waals surface area (Å²) in [5.74, 6) is 1.73. The summed E-state index contributed by atoms with van der Waals surface area (Å²) < 4.78 is 0. The number of aryl methyl sites for hydroxylation is 3. The van der Waals surface area contributed by atoms with Crippen molar-refractivity contribution in [1.29, 1.82) is 0 Å². The van der Waals surface area contributed by atoms with Gasteiger partial charge in [0, 0.05) is 0 Å². The quantitative estimate of drug-likeness (QED) is 0.418. The molecule has 0 aromatic heterocycles. The van der Waals surface area contributed by atoms with Crippen LogP contribution in [0.1, 0.15) is 47.1 Å². The molecular formula is C25H26. The van der Waals surface area contributed by atoms with E-state index in [-0.39, 0.29) is 0 Å². The Labute approximate surface area is 151 Å². The Balaban J connectivity index is 0.000000126. The van der Waals surface area contributed by atoms with Crippen molar-refractivity contribution in [3.63, 3.8) is 0 Å². The van der Waals surface area contributed by atoms with Gasteiger partial charge in [0.05, 0.1) is 0 Å². The summed E-state index contributed by atoms with van der Waals surface area (Å²) in [6, 6.07) is 19.6. The van der Waals surface area contributed by atoms with Gasteiger partial charge in [-0.25, -0.2) is 0 Å². The number of rotatable bonds is 0. The molecule has 3 aromatic rings. The van der Waals surface area contributed by atoms with E-state index in [2.05, 4.69) is 88.4 Å². The average Bonchev–Trinajstić information content (AvgIpc) is 3.38. The van der Waals surface area contributed by atoms with E-state index >= 15 is 0 Å². The van der Waals surface area contributed by atoms with Crippen LogP contribution < -0.4 is 0 Å². The molecule has 0 heterocycles. The van der Waals surface area contributed by atoms with E-state index < -0.39 is 0 Å². The predicted octanol–water partition coefficient (Wildman–Crippen LogP) is 6.97. The topological polar surface area (TPSA) is 0 Å². The van der Waals surface area contributed by atoms with Gasteiger partial charge in [0.25, 0.3) is 0 Å². The first-order chi connectivity index (χ1) is 12.1. The zero-order chi connectivity index (χ0) is 17.6. The fourth-order valence-corrected chi connectivity index (χ4v) is 4.26. The molecule has 2 atom stereocenters. The first kappa shape index (κ1) is 16.1. The standard InChI is InChI=1S/C13H14.C12H12/c1-8-4-3-5-11-9(2)6-10-7-12(10)13(8)11;1-9-7-8-10(2)12-6-4-3-5-11(9)12/h3-6,10,12H,7H2,1-2H3;3-8H,1-2H3. The zero-order valence-corrected chi connectivity index (χ0v) is 15.6. The molecule has 0 bridgehead atoms. The molecule has 1 fully saturated rings. The lowest BCUT2D eigenvalue weighted by atomic mass is 9.89. The summed E-state index contributed by atoms with van der Waals surface area (Å²) in [7, 11) is 0. The van der Waals surface area contributed by atoms with E-state index in [1.54, 1.807) is 5.56 Å².